The van der Waals surface area contributed by atoms with Gasteiger partial charge >= 0.3 is 6.03 Å². The second-order valence-corrected chi connectivity index (χ2v) is 4.87. The van der Waals surface area contributed by atoms with Gasteiger partial charge in [-0.15, -0.1) is 0 Å². The minimum absolute atomic E-state index is 0.0493. The summed E-state index contributed by atoms with van der Waals surface area (Å²) in [6, 6.07) is 5.95. The van der Waals surface area contributed by atoms with E-state index < -0.39 is 0 Å². The number of hydrogen-bond acceptors (Lipinski definition) is 2. The minimum Gasteiger partial charge on any atom is -0.394 e. The molecule has 0 saturated carbocycles. The molecule has 98 valence electrons. The molecule has 0 heterocycles. The van der Waals surface area contributed by atoms with Crippen LogP contribution < -0.4 is 10.6 Å². The average molecular weight is 248 g/mol. The lowest BCUT2D eigenvalue weighted by Gasteiger charge is -2.12. The monoisotopic (exact) mass is 248 g/mol. The molecular formula is C14H20N2O2. The first-order valence-corrected chi connectivity index (χ1v) is 6.45. The Bertz CT molecular complexity index is 432. The van der Waals surface area contributed by atoms with Gasteiger partial charge in [-0.1, -0.05) is 18.2 Å². The Morgan fingerprint density at radius 2 is 2.17 bits per heavy atom. The number of carbonyl (C=O) groups excluding carboxylic acids is 1. The average Bonchev–Trinajstić information content (AvgIpc) is 2.83. The first-order valence-electron chi connectivity index (χ1n) is 6.45. The Kier molecular flexibility index (Phi) is 4.20. The van der Waals surface area contributed by atoms with Crippen LogP contribution in [0, 0.1) is 0 Å². The summed E-state index contributed by atoms with van der Waals surface area (Å²) < 4.78 is 0. The second-order valence-electron chi connectivity index (χ2n) is 4.87. The molecule has 2 amide bonds. The van der Waals surface area contributed by atoms with Crippen molar-refractivity contribution in [1.82, 2.24) is 10.6 Å². The van der Waals surface area contributed by atoms with Gasteiger partial charge in [0.25, 0.3) is 0 Å². The van der Waals surface area contributed by atoms with E-state index in [9.17, 15) is 4.79 Å². The standard InChI is InChI=1S/C14H20N2O2/c1-10(9-17)16-14(18)15-8-11-5-6-12-3-2-4-13(12)7-11/h5-7,10,17H,2-4,8-9H2,1H3,(H2,15,16,18). The van der Waals surface area contributed by atoms with Crippen molar-refractivity contribution < 1.29 is 9.90 Å². The highest BCUT2D eigenvalue weighted by Gasteiger charge is 2.11. The normalized spacial score (nSPS) is 15.0. The van der Waals surface area contributed by atoms with Crippen LogP contribution in [-0.2, 0) is 19.4 Å². The first kappa shape index (κ1) is 12.9. The molecule has 4 heteroatoms. The third-order valence-electron chi connectivity index (χ3n) is 3.27. The van der Waals surface area contributed by atoms with Crippen LogP contribution in [0.25, 0.3) is 0 Å². The molecule has 0 saturated heterocycles. The van der Waals surface area contributed by atoms with Gasteiger partial charge in [0.1, 0.15) is 0 Å². The van der Waals surface area contributed by atoms with Crippen molar-refractivity contribution in [2.75, 3.05) is 6.61 Å². The van der Waals surface area contributed by atoms with Gasteiger partial charge in [-0.2, -0.15) is 0 Å². The molecule has 1 atom stereocenters. The zero-order valence-corrected chi connectivity index (χ0v) is 10.7. The lowest BCUT2D eigenvalue weighted by atomic mass is 10.1. The van der Waals surface area contributed by atoms with E-state index in [0.29, 0.717) is 6.54 Å². The molecule has 0 aromatic heterocycles. The number of hydrogen-bond donors (Lipinski definition) is 3. The number of amides is 2. The molecule has 0 bridgehead atoms. The molecule has 4 nitrogen and oxygen atoms in total. The predicted molar refractivity (Wildman–Crippen MR) is 70.4 cm³/mol. The number of benzene rings is 1. The number of rotatable bonds is 4. The zero-order valence-electron chi connectivity index (χ0n) is 10.7. The maximum atomic E-state index is 11.5. The molecule has 1 aromatic carbocycles. The van der Waals surface area contributed by atoms with E-state index in [0.717, 1.165) is 12.0 Å². The second kappa shape index (κ2) is 5.87. The van der Waals surface area contributed by atoms with E-state index in [1.807, 2.05) is 0 Å². The Balaban J connectivity index is 1.85. The number of aryl methyl sites for hydroxylation is 2. The lowest BCUT2D eigenvalue weighted by Crippen LogP contribution is -2.41. The number of fused-ring (bicyclic) bond motifs is 1. The van der Waals surface area contributed by atoms with Gasteiger partial charge in [0.2, 0.25) is 0 Å². The molecule has 2 rings (SSSR count). The van der Waals surface area contributed by atoms with Gasteiger partial charge in [0.15, 0.2) is 0 Å². The smallest absolute Gasteiger partial charge is 0.315 e. The number of urea groups is 1. The Hall–Kier alpha value is -1.55. The zero-order chi connectivity index (χ0) is 13.0. The van der Waals surface area contributed by atoms with Crippen molar-refractivity contribution in [2.45, 2.75) is 38.8 Å². The quantitative estimate of drug-likeness (QED) is 0.753. The highest BCUT2D eigenvalue weighted by atomic mass is 16.3. The maximum absolute atomic E-state index is 11.5. The van der Waals surface area contributed by atoms with Gasteiger partial charge in [-0.05, 0) is 42.9 Å². The van der Waals surface area contributed by atoms with Crippen LogP contribution in [0.5, 0.6) is 0 Å². The van der Waals surface area contributed by atoms with Crippen molar-refractivity contribution in [2.24, 2.45) is 0 Å². The molecular weight excluding hydrogens is 228 g/mol. The highest BCUT2D eigenvalue weighted by Crippen LogP contribution is 2.22. The maximum Gasteiger partial charge on any atom is 0.315 e. The number of aliphatic hydroxyl groups excluding tert-OH is 1. The fraction of sp³-hybridized carbons (Fsp3) is 0.500. The van der Waals surface area contributed by atoms with Gasteiger partial charge in [0.05, 0.1) is 12.6 Å². The molecule has 0 spiro atoms. The van der Waals surface area contributed by atoms with Gasteiger partial charge in [-0.25, -0.2) is 4.79 Å². The van der Waals surface area contributed by atoms with Crippen LogP contribution in [0.4, 0.5) is 4.79 Å². The molecule has 0 radical (unpaired) electrons. The van der Waals surface area contributed by atoms with E-state index in [4.69, 9.17) is 5.11 Å². The third kappa shape index (κ3) is 3.23. The number of aliphatic hydroxyl groups is 1. The van der Waals surface area contributed by atoms with E-state index >= 15 is 0 Å². The van der Waals surface area contributed by atoms with Crippen LogP contribution in [0.2, 0.25) is 0 Å². The van der Waals surface area contributed by atoms with E-state index in [-0.39, 0.29) is 18.7 Å². The SMILES string of the molecule is CC(CO)NC(=O)NCc1ccc2c(c1)CCC2. The fourth-order valence-corrected chi connectivity index (χ4v) is 2.24. The van der Waals surface area contributed by atoms with Crippen LogP contribution >= 0.6 is 0 Å². The van der Waals surface area contributed by atoms with Gasteiger partial charge in [0, 0.05) is 6.54 Å². The van der Waals surface area contributed by atoms with Crippen molar-refractivity contribution in [1.29, 1.82) is 0 Å². The largest absolute Gasteiger partial charge is 0.394 e. The summed E-state index contributed by atoms with van der Waals surface area (Å²) in [4.78, 5) is 11.5. The molecule has 0 fully saturated rings. The van der Waals surface area contributed by atoms with Crippen LogP contribution in [0.1, 0.15) is 30.0 Å². The highest BCUT2D eigenvalue weighted by molar-refractivity contribution is 5.74. The van der Waals surface area contributed by atoms with Crippen LogP contribution in [0.15, 0.2) is 18.2 Å². The number of carbonyl (C=O) groups is 1. The van der Waals surface area contributed by atoms with Gasteiger partial charge < -0.3 is 15.7 Å². The van der Waals surface area contributed by atoms with Crippen molar-refractivity contribution in [3.63, 3.8) is 0 Å². The van der Waals surface area contributed by atoms with Crippen molar-refractivity contribution in [3.8, 4) is 0 Å². The van der Waals surface area contributed by atoms with Crippen molar-refractivity contribution >= 4 is 6.03 Å². The number of nitrogens with one attached hydrogen (secondary N) is 2. The fourth-order valence-electron chi connectivity index (χ4n) is 2.24. The summed E-state index contributed by atoms with van der Waals surface area (Å²) >= 11 is 0. The summed E-state index contributed by atoms with van der Waals surface area (Å²) in [7, 11) is 0. The molecule has 1 aliphatic carbocycles. The van der Waals surface area contributed by atoms with E-state index in [1.54, 1.807) is 6.92 Å². The summed E-state index contributed by atoms with van der Waals surface area (Å²) in [5, 5.41) is 14.3. The summed E-state index contributed by atoms with van der Waals surface area (Å²) in [5.41, 5.74) is 3.98. The third-order valence-corrected chi connectivity index (χ3v) is 3.27. The Labute approximate surface area is 107 Å². The van der Waals surface area contributed by atoms with Crippen molar-refractivity contribution in [3.05, 3.63) is 34.9 Å². The lowest BCUT2D eigenvalue weighted by molar-refractivity contribution is 0.220. The first-order chi connectivity index (χ1) is 8.69. The summed E-state index contributed by atoms with van der Waals surface area (Å²) in [6.45, 7) is 2.23. The predicted octanol–water partition coefficient (Wildman–Crippen LogP) is 1.36. The summed E-state index contributed by atoms with van der Waals surface area (Å²) in [5.74, 6) is 0. The molecule has 3 N–H and O–H groups in total. The minimum atomic E-state index is -0.239. The van der Waals surface area contributed by atoms with Crippen LogP contribution in [-0.4, -0.2) is 23.8 Å². The van der Waals surface area contributed by atoms with E-state index in [1.165, 1.54) is 24.0 Å². The topological polar surface area (TPSA) is 61.4 Å². The molecule has 0 aliphatic heterocycles. The van der Waals surface area contributed by atoms with Crippen LogP contribution in [0.3, 0.4) is 0 Å². The molecule has 1 unspecified atom stereocenters. The van der Waals surface area contributed by atoms with E-state index in [2.05, 4.69) is 28.8 Å². The molecule has 18 heavy (non-hydrogen) atoms. The Morgan fingerprint density at radius 3 is 2.94 bits per heavy atom. The molecule has 1 aromatic rings. The van der Waals surface area contributed by atoms with Gasteiger partial charge in [-0.3, -0.25) is 0 Å². The Morgan fingerprint density at radius 1 is 1.39 bits per heavy atom. The summed E-state index contributed by atoms with van der Waals surface area (Å²) in [6.07, 6.45) is 3.56. The molecule has 1 aliphatic rings.